The van der Waals surface area contributed by atoms with E-state index in [1.165, 1.54) is 0 Å². The minimum absolute atomic E-state index is 0.288. The van der Waals surface area contributed by atoms with Crippen molar-refractivity contribution in [2.75, 3.05) is 0 Å². The number of aromatic hydroxyl groups is 1. The number of benzene rings is 1. The lowest BCUT2D eigenvalue weighted by Crippen LogP contribution is -2.00. The molecule has 2 nitrogen and oxygen atoms in total. The van der Waals surface area contributed by atoms with Gasteiger partial charge in [0.25, 0.3) is 0 Å². The Morgan fingerprint density at radius 1 is 1.13 bits per heavy atom. The van der Waals surface area contributed by atoms with Crippen molar-refractivity contribution in [2.24, 2.45) is 0 Å². The van der Waals surface area contributed by atoms with Gasteiger partial charge >= 0.3 is 0 Å². The summed E-state index contributed by atoms with van der Waals surface area (Å²) in [5.41, 5.74) is 0. The SMILES string of the molecule is OC1=CCC(Sc2ccc(O)cc2)C=C1. The molecule has 1 aliphatic carbocycles. The van der Waals surface area contributed by atoms with Gasteiger partial charge in [0.1, 0.15) is 11.5 Å². The first-order chi connectivity index (χ1) is 7.24. The normalized spacial score (nSPS) is 20.0. The third kappa shape index (κ3) is 2.80. The molecule has 0 amide bonds. The van der Waals surface area contributed by atoms with Gasteiger partial charge in [-0.25, -0.2) is 0 Å². The maximum atomic E-state index is 9.16. The monoisotopic (exact) mass is 220 g/mol. The highest BCUT2D eigenvalue weighted by atomic mass is 32.2. The van der Waals surface area contributed by atoms with E-state index < -0.39 is 0 Å². The average molecular weight is 220 g/mol. The summed E-state index contributed by atoms with van der Waals surface area (Å²) >= 11 is 1.72. The van der Waals surface area contributed by atoms with Crippen molar-refractivity contribution in [3.8, 4) is 5.75 Å². The van der Waals surface area contributed by atoms with Gasteiger partial charge in [-0.2, -0.15) is 0 Å². The van der Waals surface area contributed by atoms with Crippen molar-refractivity contribution < 1.29 is 10.2 Å². The van der Waals surface area contributed by atoms with E-state index in [4.69, 9.17) is 10.2 Å². The van der Waals surface area contributed by atoms with E-state index >= 15 is 0 Å². The van der Waals surface area contributed by atoms with Crippen LogP contribution in [0, 0.1) is 0 Å². The number of thioether (sulfide) groups is 1. The summed E-state index contributed by atoms with van der Waals surface area (Å²) in [7, 11) is 0. The van der Waals surface area contributed by atoms with E-state index in [-0.39, 0.29) is 5.75 Å². The van der Waals surface area contributed by atoms with Crippen molar-refractivity contribution in [1.29, 1.82) is 0 Å². The summed E-state index contributed by atoms with van der Waals surface area (Å²) < 4.78 is 0. The molecule has 1 unspecified atom stereocenters. The summed E-state index contributed by atoms with van der Waals surface area (Å²) in [6.07, 6.45) is 6.38. The van der Waals surface area contributed by atoms with Crippen molar-refractivity contribution in [3.63, 3.8) is 0 Å². The van der Waals surface area contributed by atoms with Crippen LogP contribution < -0.4 is 0 Å². The summed E-state index contributed by atoms with van der Waals surface area (Å²) in [5.74, 6) is 0.633. The third-order valence-corrected chi connectivity index (χ3v) is 3.36. The third-order valence-electron chi connectivity index (χ3n) is 2.17. The molecular formula is C12H12O2S. The molecule has 0 fully saturated rings. The molecule has 0 aromatic heterocycles. The molecule has 0 heterocycles. The van der Waals surface area contributed by atoms with Crippen molar-refractivity contribution in [2.45, 2.75) is 16.6 Å². The first-order valence-electron chi connectivity index (χ1n) is 4.77. The first-order valence-corrected chi connectivity index (χ1v) is 5.65. The molecule has 15 heavy (non-hydrogen) atoms. The van der Waals surface area contributed by atoms with Crippen molar-refractivity contribution in [1.82, 2.24) is 0 Å². The van der Waals surface area contributed by atoms with E-state index in [0.29, 0.717) is 11.0 Å². The Morgan fingerprint density at radius 2 is 1.87 bits per heavy atom. The number of aliphatic hydroxyl groups is 1. The standard InChI is InChI=1S/C12H12O2S/c13-9-1-5-11(6-2-9)15-12-7-3-10(14)4-8-12/h1-7,12-14H,8H2. The second-order valence-corrected chi connectivity index (χ2v) is 4.69. The molecule has 0 spiro atoms. The van der Waals surface area contributed by atoms with Crippen LogP contribution in [0.2, 0.25) is 0 Å². The number of hydrogen-bond acceptors (Lipinski definition) is 3. The summed E-state index contributed by atoms with van der Waals surface area (Å²) in [6.45, 7) is 0. The van der Waals surface area contributed by atoms with Gasteiger partial charge in [-0.05, 0) is 42.8 Å². The highest BCUT2D eigenvalue weighted by Crippen LogP contribution is 2.29. The number of rotatable bonds is 2. The van der Waals surface area contributed by atoms with Crippen LogP contribution in [0.3, 0.4) is 0 Å². The molecule has 1 aromatic carbocycles. The number of allylic oxidation sites excluding steroid dienone is 2. The lowest BCUT2D eigenvalue weighted by Gasteiger charge is -2.13. The molecule has 0 radical (unpaired) electrons. The summed E-state index contributed by atoms with van der Waals surface area (Å²) in [4.78, 5) is 1.12. The molecule has 78 valence electrons. The Balaban J connectivity index is 1.99. The number of aliphatic hydroxyl groups excluding tert-OH is 1. The molecule has 1 aliphatic rings. The Labute approximate surface area is 92.9 Å². The average Bonchev–Trinajstić information content (AvgIpc) is 2.25. The Morgan fingerprint density at radius 3 is 2.47 bits per heavy atom. The Bertz CT molecular complexity index is 393. The molecule has 2 rings (SSSR count). The van der Waals surface area contributed by atoms with Crippen molar-refractivity contribution in [3.05, 3.63) is 48.3 Å². The Kier molecular flexibility index (Phi) is 3.02. The van der Waals surface area contributed by atoms with Gasteiger partial charge in [0.2, 0.25) is 0 Å². The largest absolute Gasteiger partial charge is 0.508 e. The van der Waals surface area contributed by atoms with Crippen LogP contribution in [0.5, 0.6) is 5.75 Å². The fourth-order valence-electron chi connectivity index (χ4n) is 1.38. The van der Waals surface area contributed by atoms with Crippen LogP contribution >= 0.6 is 11.8 Å². The van der Waals surface area contributed by atoms with Crippen molar-refractivity contribution >= 4 is 11.8 Å². The van der Waals surface area contributed by atoms with Crippen LogP contribution in [0.15, 0.2) is 53.1 Å². The first kappa shape index (κ1) is 10.2. The highest BCUT2D eigenvalue weighted by molar-refractivity contribution is 8.00. The van der Waals surface area contributed by atoms with Gasteiger partial charge in [-0.3, -0.25) is 0 Å². The van der Waals surface area contributed by atoms with E-state index in [9.17, 15) is 0 Å². The quantitative estimate of drug-likeness (QED) is 0.803. The van der Waals surface area contributed by atoms with Gasteiger partial charge in [0.05, 0.1) is 0 Å². The zero-order valence-corrected chi connectivity index (χ0v) is 8.95. The van der Waals surface area contributed by atoms with E-state index in [1.807, 2.05) is 24.3 Å². The number of hydrogen-bond donors (Lipinski definition) is 2. The van der Waals surface area contributed by atoms with Gasteiger partial charge in [-0.1, -0.05) is 6.08 Å². The molecule has 0 saturated carbocycles. The van der Waals surface area contributed by atoms with Crippen LogP contribution in [-0.2, 0) is 0 Å². The second kappa shape index (κ2) is 4.45. The molecule has 2 N–H and O–H groups in total. The minimum Gasteiger partial charge on any atom is -0.508 e. The van der Waals surface area contributed by atoms with E-state index in [2.05, 4.69) is 0 Å². The van der Waals surface area contributed by atoms with Crippen LogP contribution in [0.1, 0.15) is 6.42 Å². The van der Waals surface area contributed by atoms with E-state index in [1.54, 1.807) is 30.0 Å². The minimum atomic E-state index is 0.288. The second-order valence-electron chi connectivity index (χ2n) is 3.37. The van der Waals surface area contributed by atoms with Gasteiger partial charge in [0, 0.05) is 10.1 Å². The fraction of sp³-hybridized carbons (Fsp3) is 0.167. The van der Waals surface area contributed by atoms with Crippen LogP contribution in [0.25, 0.3) is 0 Å². The fourth-order valence-corrected chi connectivity index (χ4v) is 2.37. The van der Waals surface area contributed by atoms with Gasteiger partial charge < -0.3 is 10.2 Å². The lowest BCUT2D eigenvalue weighted by molar-refractivity contribution is 0.427. The molecule has 1 atom stereocenters. The van der Waals surface area contributed by atoms with Crippen LogP contribution in [0.4, 0.5) is 0 Å². The number of phenols is 1. The van der Waals surface area contributed by atoms with Gasteiger partial charge in [-0.15, -0.1) is 11.8 Å². The predicted molar refractivity (Wildman–Crippen MR) is 62.2 cm³/mol. The smallest absolute Gasteiger partial charge is 0.115 e. The molecule has 3 heteroatoms. The lowest BCUT2D eigenvalue weighted by atomic mass is 10.2. The summed E-state index contributed by atoms with van der Waals surface area (Å²) in [5, 5.41) is 18.7. The molecule has 0 aliphatic heterocycles. The zero-order valence-electron chi connectivity index (χ0n) is 8.13. The topological polar surface area (TPSA) is 40.5 Å². The molecular weight excluding hydrogens is 208 g/mol. The van der Waals surface area contributed by atoms with E-state index in [0.717, 1.165) is 11.3 Å². The molecule has 1 aromatic rings. The highest BCUT2D eigenvalue weighted by Gasteiger charge is 2.09. The zero-order chi connectivity index (χ0) is 10.7. The predicted octanol–water partition coefficient (Wildman–Crippen LogP) is 3.25. The Hall–Kier alpha value is -1.35. The molecule has 0 bridgehead atoms. The number of phenolic OH excluding ortho intramolecular Hbond substituents is 1. The maximum Gasteiger partial charge on any atom is 0.115 e. The maximum absolute atomic E-state index is 9.16. The summed E-state index contributed by atoms with van der Waals surface area (Å²) in [6, 6.07) is 7.16. The van der Waals surface area contributed by atoms with Gasteiger partial charge in [0.15, 0.2) is 0 Å². The van der Waals surface area contributed by atoms with Crippen LogP contribution in [-0.4, -0.2) is 15.5 Å². The molecule has 0 saturated heterocycles.